The van der Waals surface area contributed by atoms with Crippen LogP contribution in [0, 0.1) is 0 Å². The fourth-order valence-electron chi connectivity index (χ4n) is 4.07. The average Bonchev–Trinajstić information content (AvgIpc) is 3.15. The molecule has 3 heterocycles. The maximum Gasteiger partial charge on any atom is 0.331 e. The largest absolute Gasteiger partial charge is 0.493 e. The Morgan fingerprint density at radius 1 is 1.41 bits per heavy atom. The number of methoxy groups -OCH3 is 1. The van der Waals surface area contributed by atoms with Crippen LogP contribution < -0.4 is 0 Å². The molecule has 0 bridgehead atoms. The van der Waals surface area contributed by atoms with E-state index in [1.54, 1.807) is 0 Å². The number of aromatic hydroxyl groups is 1. The van der Waals surface area contributed by atoms with Crippen molar-refractivity contribution in [2.45, 2.75) is 38.6 Å². The fourth-order valence-corrected chi connectivity index (χ4v) is 4.76. The summed E-state index contributed by atoms with van der Waals surface area (Å²) in [5, 5.41) is 20.1. The van der Waals surface area contributed by atoms with Crippen molar-refractivity contribution in [3.63, 3.8) is 0 Å². The number of esters is 1. The Labute approximate surface area is 171 Å². The first-order valence-electron chi connectivity index (χ1n) is 9.12. The van der Waals surface area contributed by atoms with Gasteiger partial charge in [-0.25, -0.2) is 4.79 Å². The number of benzene rings is 1. The van der Waals surface area contributed by atoms with Crippen LogP contribution in [0.1, 0.15) is 38.7 Å². The Hall–Kier alpha value is -2.94. The van der Waals surface area contributed by atoms with Gasteiger partial charge in [0.1, 0.15) is 0 Å². The van der Waals surface area contributed by atoms with Crippen LogP contribution in [0.5, 0.6) is 5.88 Å². The van der Waals surface area contributed by atoms with E-state index in [4.69, 9.17) is 0 Å². The third-order valence-electron chi connectivity index (χ3n) is 5.21. The number of carbonyl (C=O) groups is 2. The minimum absolute atomic E-state index is 0.0355. The Balaban J connectivity index is 1.75. The number of carbonyl (C=O) groups excluding carboxylic acids is 2. The van der Waals surface area contributed by atoms with E-state index in [0.717, 1.165) is 40.7 Å². The van der Waals surface area contributed by atoms with E-state index in [1.165, 1.54) is 7.11 Å². The molecule has 2 aliphatic heterocycles. The minimum Gasteiger partial charge on any atom is -0.493 e. The monoisotopic (exact) mass is 412 g/mol. The molecule has 1 atom stereocenters. The molecule has 0 fully saturated rings. The van der Waals surface area contributed by atoms with E-state index in [0.29, 0.717) is 11.6 Å². The summed E-state index contributed by atoms with van der Waals surface area (Å²) in [6.07, 6.45) is 1.96. The van der Waals surface area contributed by atoms with Crippen LogP contribution in [-0.4, -0.2) is 33.8 Å². The van der Waals surface area contributed by atoms with Crippen molar-refractivity contribution in [3.05, 3.63) is 34.7 Å². The molecule has 0 aliphatic carbocycles. The topological polar surface area (TPSA) is 106 Å². The van der Waals surface area contributed by atoms with Crippen LogP contribution in [0.25, 0.3) is 10.9 Å². The predicted molar refractivity (Wildman–Crippen MR) is 111 cm³/mol. The molecule has 9 heteroatoms. The number of hydrogen-bond donors (Lipinski definition) is 1. The van der Waals surface area contributed by atoms with Crippen LogP contribution in [0.3, 0.4) is 0 Å². The first kappa shape index (κ1) is 19.4. The minimum atomic E-state index is -0.641. The van der Waals surface area contributed by atoms with Gasteiger partial charge in [0.15, 0.2) is 5.69 Å². The van der Waals surface area contributed by atoms with Crippen LogP contribution in [0.2, 0.25) is 0 Å². The summed E-state index contributed by atoms with van der Waals surface area (Å²) in [4.78, 5) is 27.2. The van der Waals surface area contributed by atoms with E-state index in [1.807, 2.05) is 16.7 Å². The normalized spacial score (nSPS) is 21.9. The molecule has 1 aromatic heterocycles. The van der Waals surface area contributed by atoms with Crippen LogP contribution in [0.4, 0.5) is 5.69 Å². The van der Waals surface area contributed by atoms with Crippen molar-refractivity contribution in [1.82, 2.24) is 4.57 Å². The number of nitrogens with zero attached hydrogens (tertiary/aromatic N) is 4. The van der Waals surface area contributed by atoms with Gasteiger partial charge in [-0.05, 0) is 43.5 Å². The highest BCUT2D eigenvalue weighted by Gasteiger charge is 2.36. The smallest absolute Gasteiger partial charge is 0.331 e. The molecule has 0 saturated carbocycles. The summed E-state index contributed by atoms with van der Waals surface area (Å²) in [5.41, 5.74) is 2.16. The molecule has 150 valence electrons. The summed E-state index contributed by atoms with van der Waals surface area (Å²) in [7, 11) is 1.23. The number of rotatable bonds is 2. The number of ether oxygens (including phenoxy) is 1. The van der Waals surface area contributed by atoms with E-state index in [-0.39, 0.29) is 21.5 Å². The van der Waals surface area contributed by atoms with Crippen LogP contribution in [0.15, 0.2) is 44.4 Å². The Morgan fingerprint density at radius 2 is 2.17 bits per heavy atom. The highest BCUT2D eigenvalue weighted by Crippen LogP contribution is 2.50. The number of azo groups is 1. The quantitative estimate of drug-likeness (QED) is 0.448. The molecule has 8 nitrogen and oxygen atoms in total. The van der Waals surface area contributed by atoms with Gasteiger partial charge >= 0.3 is 5.97 Å². The summed E-state index contributed by atoms with van der Waals surface area (Å²) >= 11 is 0.933. The number of hydrogen-bond acceptors (Lipinski definition) is 7. The Kier molecular flexibility index (Phi) is 4.57. The fraction of sp³-hybridized carbons (Fsp3) is 0.350. The van der Waals surface area contributed by atoms with Gasteiger partial charge in [-0.1, -0.05) is 25.1 Å². The van der Waals surface area contributed by atoms with Gasteiger partial charge in [-0.15, -0.1) is 10.2 Å². The van der Waals surface area contributed by atoms with Crippen molar-refractivity contribution in [2.24, 2.45) is 15.2 Å². The summed E-state index contributed by atoms with van der Waals surface area (Å²) in [6, 6.07) is 5.91. The number of para-hydroxylation sites is 1. The summed E-state index contributed by atoms with van der Waals surface area (Å²) < 4.78 is 6.43. The molecule has 2 aliphatic rings. The van der Waals surface area contributed by atoms with Crippen molar-refractivity contribution in [1.29, 1.82) is 0 Å². The van der Waals surface area contributed by atoms with E-state index >= 15 is 0 Å². The number of thioether (sulfide) groups is 1. The first-order chi connectivity index (χ1) is 13.7. The summed E-state index contributed by atoms with van der Waals surface area (Å²) in [6.45, 7) is 6.34. The van der Waals surface area contributed by atoms with Crippen molar-refractivity contribution in [3.8, 4) is 5.88 Å². The maximum atomic E-state index is 11.9. The van der Waals surface area contributed by atoms with E-state index in [2.05, 4.69) is 46.8 Å². The predicted octanol–water partition coefficient (Wildman–Crippen LogP) is 4.36. The van der Waals surface area contributed by atoms with Gasteiger partial charge in [0.2, 0.25) is 11.0 Å². The SMILES string of the molecule is COC(=O)C=C1SC(N=Nc2c(O)n3c4c(cccc24)C(C)CC3(C)C)=NC1=O. The van der Waals surface area contributed by atoms with Gasteiger partial charge in [-0.3, -0.25) is 4.79 Å². The van der Waals surface area contributed by atoms with E-state index < -0.39 is 11.9 Å². The molecule has 0 radical (unpaired) electrons. The maximum absolute atomic E-state index is 11.9. The lowest BCUT2D eigenvalue weighted by Crippen LogP contribution is -2.31. The second-order valence-electron chi connectivity index (χ2n) is 7.70. The zero-order valence-corrected chi connectivity index (χ0v) is 17.3. The zero-order valence-electron chi connectivity index (χ0n) is 16.5. The molecule has 29 heavy (non-hydrogen) atoms. The molecule has 4 rings (SSSR count). The van der Waals surface area contributed by atoms with Crippen LogP contribution in [-0.2, 0) is 19.9 Å². The molecule has 1 amide bonds. The van der Waals surface area contributed by atoms with Crippen molar-refractivity contribution >= 4 is 45.4 Å². The van der Waals surface area contributed by atoms with Gasteiger partial charge < -0.3 is 14.4 Å². The molecule has 1 unspecified atom stereocenters. The molecular formula is C20H20N4O4S. The highest BCUT2D eigenvalue weighted by atomic mass is 32.2. The van der Waals surface area contributed by atoms with Gasteiger partial charge in [-0.2, -0.15) is 4.99 Å². The highest BCUT2D eigenvalue weighted by molar-refractivity contribution is 8.18. The molecule has 1 aromatic carbocycles. The average molecular weight is 412 g/mol. The first-order valence-corrected chi connectivity index (χ1v) is 9.93. The zero-order chi connectivity index (χ0) is 20.9. The number of aliphatic imine (C=N–C) groups is 1. The van der Waals surface area contributed by atoms with Gasteiger partial charge in [0, 0.05) is 17.0 Å². The molecule has 0 saturated heterocycles. The second-order valence-corrected chi connectivity index (χ2v) is 8.71. The molecule has 2 aromatic rings. The number of amidine groups is 1. The number of amides is 1. The Bertz CT molecular complexity index is 1140. The molecule has 0 spiro atoms. The van der Waals surface area contributed by atoms with Crippen LogP contribution >= 0.6 is 11.8 Å². The van der Waals surface area contributed by atoms with Crippen molar-refractivity contribution in [2.75, 3.05) is 7.11 Å². The standard InChI is InChI=1S/C20H20N4O4S/c1-10-9-20(2,3)24-16-11(10)6-5-7-12(16)15(18(24)27)22-23-19-21-17(26)13(29-19)8-14(25)28-4/h5-8,10,27H,9H2,1-4H3. The molecule has 1 N–H and O–H groups in total. The van der Waals surface area contributed by atoms with Crippen molar-refractivity contribution < 1.29 is 19.4 Å². The third kappa shape index (κ3) is 3.15. The second kappa shape index (κ2) is 6.84. The lowest BCUT2D eigenvalue weighted by molar-refractivity contribution is -0.135. The lowest BCUT2D eigenvalue weighted by Gasteiger charge is -2.36. The number of aromatic nitrogens is 1. The van der Waals surface area contributed by atoms with Gasteiger partial charge in [0.25, 0.3) is 5.91 Å². The van der Waals surface area contributed by atoms with E-state index in [9.17, 15) is 14.7 Å². The van der Waals surface area contributed by atoms with Gasteiger partial charge in [0.05, 0.1) is 17.5 Å². The summed E-state index contributed by atoms with van der Waals surface area (Å²) in [5.74, 6) is -0.833. The molecular weight excluding hydrogens is 392 g/mol. The third-order valence-corrected chi connectivity index (χ3v) is 6.07. The lowest BCUT2D eigenvalue weighted by atomic mass is 9.82. The Morgan fingerprint density at radius 3 is 2.90 bits per heavy atom.